The molecule has 0 saturated carbocycles. The molecule has 0 unspecified atom stereocenters. The number of carbonyl (C=O) groups is 1. The maximum absolute atomic E-state index is 15.3. The molecule has 6 rings (SSSR count). The average Bonchev–Trinajstić information content (AvgIpc) is 3.09. The summed E-state index contributed by atoms with van der Waals surface area (Å²) >= 11 is 0. The first-order valence-electron chi connectivity index (χ1n) is 15.1. The maximum Gasteiger partial charge on any atom is 0.247 e. The number of methoxy groups -OCH3 is 1. The van der Waals surface area contributed by atoms with Gasteiger partial charge in [0.05, 0.1) is 56.8 Å². The van der Waals surface area contributed by atoms with Crippen LogP contribution in [-0.4, -0.2) is 75.6 Å². The van der Waals surface area contributed by atoms with Crippen LogP contribution in [0.25, 0.3) is 11.3 Å². The van der Waals surface area contributed by atoms with Gasteiger partial charge in [-0.2, -0.15) is 0 Å². The van der Waals surface area contributed by atoms with Crippen molar-refractivity contribution in [2.75, 3.05) is 85.5 Å². The van der Waals surface area contributed by atoms with Gasteiger partial charge in [-0.25, -0.2) is 14.4 Å². The predicted molar refractivity (Wildman–Crippen MR) is 178 cm³/mol. The Balaban J connectivity index is 1.34. The number of rotatable bonds is 10. The number of hydrogen-bond donors (Lipinski definition) is 3. The fourth-order valence-corrected chi connectivity index (χ4v) is 5.40. The molecule has 3 N–H and O–H groups in total. The zero-order valence-electron chi connectivity index (χ0n) is 25.6. The van der Waals surface area contributed by atoms with Crippen LogP contribution in [0.1, 0.15) is 0 Å². The van der Waals surface area contributed by atoms with E-state index in [4.69, 9.17) is 19.2 Å². The Morgan fingerprint density at radius 1 is 0.913 bits per heavy atom. The summed E-state index contributed by atoms with van der Waals surface area (Å²) in [7, 11) is 1.55. The fourth-order valence-electron chi connectivity index (χ4n) is 5.40. The second kappa shape index (κ2) is 14.3. The summed E-state index contributed by atoms with van der Waals surface area (Å²) in [4.78, 5) is 25.9. The van der Waals surface area contributed by atoms with Gasteiger partial charge >= 0.3 is 0 Å². The summed E-state index contributed by atoms with van der Waals surface area (Å²) in [6.45, 7) is 8.94. The third-order valence-corrected chi connectivity index (χ3v) is 7.71. The number of nitrogens with one attached hydrogen (secondary N) is 3. The molecule has 46 heavy (non-hydrogen) atoms. The Bertz CT molecular complexity index is 1710. The average molecular weight is 626 g/mol. The number of carbonyl (C=O) groups excluding carboxylic acids is 1. The number of morpholine rings is 2. The smallest absolute Gasteiger partial charge is 0.247 e. The number of anilines is 7. The summed E-state index contributed by atoms with van der Waals surface area (Å²) in [5, 5.41) is 9.41. The van der Waals surface area contributed by atoms with Crippen molar-refractivity contribution in [3.05, 3.63) is 85.3 Å². The molecule has 2 saturated heterocycles. The summed E-state index contributed by atoms with van der Waals surface area (Å²) in [6.07, 6.45) is 2.84. The predicted octanol–water partition coefficient (Wildman–Crippen LogP) is 5.58. The molecule has 1 amide bonds. The van der Waals surface area contributed by atoms with Gasteiger partial charge in [0.2, 0.25) is 11.9 Å². The van der Waals surface area contributed by atoms with Gasteiger partial charge in [-0.3, -0.25) is 4.79 Å². The van der Waals surface area contributed by atoms with E-state index in [1.807, 2.05) is 35.2 Å². The van der Waals surface area contributed by atoms with Crippen molar-refractivity contribution in [2.45, 2.75) is 0 Å². The van der Waals surface area contributed by atoms with Gasteiger partial charge in [0, 0.05) is 60.6 Å². The molecule has 4 aromatic rings. The maximum atomic E-state index is 15.3. The van der Waals surface area contributed by atoms with Crippen molar-refractivity contribution in [1.29, 1.82) is 0 Å². The normalized spacial score (nSPS) is 14.8. The molecule has 12 heteroatoms. The third kappa shape index (κ3) is 7.36. The number of aromatic nitrogens is 2. The fraction of sp³-hybridized carbons (Fsp3) is 0.265. The van der Waals surface area contributed by atoms with Crippen LogP contribution in [0.3, 0.4) is 0 Å². The second-order valence-electron chi connectivity index (χ2n) is 10.8. The van der Waals surface area contributed by atoms with Crippen LogP contribution in [0, 0.1) is 5.82 Å². The molecule has 0 radical (unpaired) electrons. The van der Waals surface area contributed by atoms with Crippen LogP contribution >= 0.6 is 0 Å². The van der Waals surface area contributed by atoms with Gasteiger partial charge < -0.3 is 40.0 Å². The van der Waals surface area contributed by atoms with Gasteiger partial charge in [-0.1, -0.05) is 12.6 Å². The van der Waals surface area contributed by atoms with Crippen molar-refractivity contribution in [2.24, 2.45) is 0 Å². The molecule has 238 valence electrons. The number of amides is 1. The van der Waals surface area contributed by atoms with Crippen molar-refractivity contribution in [3.63, 3.8) is 0 Å². The van der Waals surface area contributed by atoms with E-state index in [0.717, 1.165) is 24.5 Å². The lowest BCUT2D eigenvalue weighted by molar-refractivity contribution is -0.111. The topological polar surface area (TPSA) is 113 Å². The summed E-state index contributed by atoms with van der Waals surface area (Å²) in [5.41, 5.74) is 5.12. The summed E-state index contributed by atoms with van der Waals surface area (Å²) in [5.74, 6) is 0.158. The zero-order valence-corrected chi connectivity index (χ0v) is 25.6. The van der Waals surface area contributed by atoms with Crippen LogP contribution in [-0.2, 0) is 14.3 Å². The minimum absolute atomic E-state index is 0.344. The summed E-state index contributed by atoms with van der Waals surface area (Å²) in [6, 6.07) is 18.4. The molecular formula is C34H36FN7O4. The van der Waals surface area contributed by atoms with Crippen LogP contribution in [0.4, 0.5) is 44.5 Å². The molecule has 2 aliphatic heterocycles. The van der Waals surface area contributed by atoms with E-state index in [-0.39, 0.29) is 11.7 Å². The summed E-state index contributed by atoms with van der Waals surface area (Å²) < 4.78 is 31.8. The highest BCUT2D eigenvalue weighted by molar-refractivity contribution is 5.99. The molecule has 0 aliphatic carbocycles. The number of ether oxygens (including phenoxy) is 3. The first-order chi connectivity index (χ1) is 22.5. The lowest BCUT2D eigenvalue weighted by atomic mass is 10.1. The number of hydrogen-bond acceptors (Lipinski definition) is 10. The number of halogens is 1. The molecule has 2 fully saturated rings. The Morgan fingerprint density at radius 3 is 2.37 bits per heavy atom. The first-order valence-corrected chi connectivity index (χ1v) is 15.1. The SMILES string of the molecule is C=CC(=O)Nc1cc(OC)cc(-c2nc(Nc3cccc(N4CCOCC4)c3)ncc2Nc2ccc(N3CCOCC3)c(F)c2)c1. The number of nitrogens with zero attached hydrogens (tertiary/aromatic N) is 4. The molecule has 3 aromatic carbocycles. The minimum Gasteiger partial charge on any atom is -0.497 e. The molecule has 11 nitrogen and oxygen atoms in total. The minimum atomic E-state index is -0.362. The van der Waals surface area contributed by atoms with E-state index in [2.05, 4.69) is 38.5 Å². The highest BCUT2D eigenvalue weighted by Gasteiger charge is 2.18. The molecule has 0 spiro atoms. The zero-order chi connectivity index (χ0) is 31.9. The van der Waals surface area contributed by atoms with Crippen molar-refractivity contribution in [3.8, 4) is 17.0 Å². The highest BCUT2D eigenvalue weighted by atomic mass is 19.1. The largest absolute Gasteiger partial charge is 0.497 e. The van der Waals surface area contributed by atoms with E-state index in [1.165, 1.54) is 12.1 Å². The first kappa shape index (κ1) is 30.8. The van der Waals surface area contributed by atoms with Crippen molar-refractivity contribution < 1.29 is 23.4 Å². The second-order valence-corrected chi connectivity index (χ2v) is 10.8. The van der Waals surface area contributed by atoms with Crippen LogP contribution < -0.4 is 30.5 Å². The van der Waals surface area contributed by atoms with Crippen molar-refractivity contribution in [1.82, 2.24) is 9.97 Å². The van der Waals surface area contributed by atoms with Gasteiger partial charge in [0.1, 0.15) is 11.6 Å². The molecule has 0 atom stereocenters. The molecule has 0 bridgehead atoms. The lowest BCUT2D eigenvalue weighted by Gasteiger charge is -2.29. The molecule has 2 aliphatic rings. The third-order valence-electron chi connectivity index (χ3n) is 7.71. The Morgan fingerprint density at radius 2 is 1.65 bits per heavy atom. The Hall–Kier alpha value is -5.20. The molecule has 3 heterocycles. The lowest BCUT2D eigenvalue weighted by Crippen LogP contribution is -2.36. The van der Waals surface area contributed by atoms with Crippen molar-refractivity contribution >= 4 is 46.0 Å². The van der Waals surface area contributed by atoms with Crippen LogP contribution in [0.15, 0.2) is 79.5 Å². The Kier molecular flexibility index (Phi) is 9.56. The van der Waals surface area contributed by atoms with Gasteiger partial charge in [-0.05, 0) is 54.6 Å². The Labute approximate surface area is 267 Å². The quantitative estimate of drug-likeness (QED) is 0.193. The van der Waals surface area contributed by atoms with E-state index >= 15 is 4.39 Å². The van der Waals surface area contributed by atoms with Gasteiger partial charge in [0.15, 0.2) is 0 Å². The highest BCUT2D eigenvalue weighted by Crippen LogP contribution is 2.35. The van der Waals surface area contributed by atoms with E-state index in [1.54, 1.807) is 31.5 Å². The van der Waals surface area contributed by atoms with E-state index < -0.39 is 0 Å². The van der Waals surface area contributed by atoms with Crippen LogP contribution in [0.5, 0.6) is 5.75 Å². The van der Waals surface area contributed by atoms with Gasteiger partial charge in [-0.15, -0.1) is 0 Å². The van der Waals surface area contributed by atoms with Crippen LogP contribution in [0.2, 0.25) is 0 Å². The molecular weight excluding hydrogens is 589 g/mol. The van der Waals surface area contributed by atoms with E-state index in [9.17, 15) is 4.79 Å². The van der Waals surface area contributed by atoms with Gasteiger partial charge in [0.25, 0.3) is 0 Å². The monoisotopic (exact) mass is 625 g/mol. The molecule has 1 aromatic heterocycles. The standard InChI is InChI=1S/C34H36FN7O4/c1-3-32(43)38-26-17-23(18-28(20-26)44-2)33-30(37-25-7-8-31(29(35)21-25)42-11-15-46-16-12-42)22-36-34(40-33)39-24-5-4-6-27(19-24)41-9-13-45-14-10-41/h3-8,17-22,37H,1,9-16H2,2H3,(H,38,43)(H,36,39,40). The van der Waals surface area contributed by atoms with E-state index in [0.29, 0.717) is 85.2 Å². The number of benzene rings is 3.